The molecule has 3 aromatic heterocycles. The van der Waals surface area contributed by atoms with Crippen LogP contribution in [0.4, 0.5) is 0 Å². The smallest absolute Gasteiger partial charge is 0.136 e. The Hall–Kier alpha value is -6.97. The first-order valence-electron chi connectivity index (χ1n) is 17.7. The summed E-state index contributed by atoms with van der Waals surface area (Å²) < 4.78 is 8.95. The van der Waals surface area contributed by atoms with Crippen LogP contribution in [0.3, 0.4) is 0 Å². The van der Waals surface area contributed by atoms with Crippen molar-refractivity contribution in [1.29, 1.82) is 0 Å². The van der Waals surface area contributed by atoms with Crippen LogP contribution < -0.4 is 0 Å². The minimum Gasteiger partial charge on any atom is -0.456 e. The molecular formula is C49H30N2O. The zero-order valence-corrected chi connectivity index (χ0v) is 28.1. The summed E-state index contributed by atoms with van der Waals surface area (Å²) in [5.41, 5.74) is 13.0. The van der Waals surface area contributed by atoms with Crippen molar-refractivity contribution in [3.63, 3.8) is 0 Å². The minimum atomic E-state index is 0.865. The number of benzene rings is 8. The van der Waals surface area contributed by atoms with Gasteiger partial charge in [0.15, 0.2) is 0 Å². The van der Waals surface area contributed by atoms with Crippen molar-refractivity contribution in [3.8, 4) is 39.2 Å². The van der Waals surface area contributed by atoms with Crippen LogP contribution in [0.15, 0.2) is 186 Å². The van der Waals surface area contributed by atoms with Crippen molar-refractivity contribution >= 4 is 65.4 Å². The van der Waals surface area contributed by atoms with Crippen LogP contribution in [-0.4, -0.2) is 9.55 Å². The highest BCUT2D eigenvalue weighted by atomic mass is 16.3. The number of fused-ring (bicyclic) bond motifs is 9. The molecule has 3 nitrogen and oxygen atoms in total. The Morgan fingerprint density at radius 2 is 1.06 bits per heavy atom. The van der Waals surface area contributed by atoms with E-state index in [1.807, 2.05) is 6.07 Å². The molecule has 0 unspecified atom stereocenters. The molecule has 0 fully saturated rings. The molecule has 0 spiro atoms. The molecule has 52 heavy (non-hydrogen) atoms. The Bertz CT molecular complexity index is 3150. The van der Waals surface area contributed by atoms with Crippen LogP contribution in [0, 0.1) is 0 Å². The van der Waals surface area contributed by atoms with Gasteiger partial charge in [0.25, 0.3) is 0 Å². The molecule has 11 aromatic rings. The van der Waals surface area contributed by atoms with Crippen molar-refractivity contribution in [2.75, 3.05) is 0 Å². The number of para-hydroxylation sites is 4. The lowest BCUT2D eigenvalue weighted by atomic mass is 9.89. The molecule has 0 atom stereocenters. The van der Waals surface area contributed by atoms with E-state index in [-0.39, 0.29) is 0 Å². The molecule has 3 heteroatoms. The Morgan fingerprint density at radius 3 is 1.88 bits per heavy atom. The van der Waals surface area contributed by atoms with Crippen LogP contribution in [0.2, 0.25) is 0 Å². The van der Waals surface area contributed by atoms with Crippen molar-refractivity contribution in [1.82, 2.24) is 9.55 Å². The van der Waals surface area contributed by atoms with Crippen molar-refractivity contribution in [2.45, 2.75) is 0 Å². The summed E-state index contributed by atoms with van der Waals surface area (Å²) in [5, 5.41) is 8.14. The van der Waals surface area contributed by atoms with Gasteiger partial charge in [-0.15, -0.1) is 0 Å². The van der Waals surface area contributed by atoms with Gasteiger partial charge >= 0.3 is 0 Å². The first kappa shape index (κ1) is 28.8. The van der Waals surface area contributed by atoms with Gasteiger partial charge in [-0.1, -0.05) is 140 Å². The van der Waals surface area contributed by atoms with E-state index in [0.29, 0.717) is 0 Å². The zero-order valence-electron chi connectivity index (χ0n) is 28.1. The van der Waals surface area contributed by atoms with Gasteiger partial charge in [-0.25, -0.2) is 4.98 Å². The van der Waals surface area contributed by atoms with Crippen LogP contribution in [-0.2, 0) is 0 Å². The summed E-state index contributed by atoms with van der Waals surface area (Å²) >= 11 is 0. The second-order valence-corrected chi connectivity index (χ2v) is 13.5. The Kier molecular flexibility index (Phi) is 6.25. The molecule has 0 bridgehead atoms. The number of hydrogen-bond acceptors (Lipinski definition) is 2. The highest BCUT2D eigenvalue weighted by Crippen LogP contribution is 2.46. The van der Waals surface area contributed by atoms with Gasteiger partial charge in [-0.2, -0.15) is 0 Å². The molecule has 11 rings (SSSR count). The number of hydrogen-bond donors (Lipinski definition) is 0. The average molecular weight is 663 g/mol. The van der Waals surface area contributed by atoms with Crippen molar-refractivity contribution in [2.24, 2.45) is 0 Å². The zero-order chi connectivity index (χ0) is 34.2. The summed E-state index contributed by atoms with van der Waals surface area (Å²) in [6.07, 6.45) is 0. The molecule has 0 amide bonds. The molecule has 0 saturated carbocycles. The quantitative estimate of drug-likeness (QED) is 0.176. The Labute approximate surface area is 299 Å². The van der Waals surface area contributed by atoms with Crippen LogP contribution in [0.1, 0.15) is 0 Å². The van der Waals surface area contributed by atoms with Crippen molar-refractivity contribution < 1.29 is 4.42 Å². The predicted molar refractivity (Wildman–Crippen MR) is 217 cm³/mol. The second-order valence-electron chi connectivity index (χ2n) is 13.5. The molecule has 0 saturated heterocycles. The normalized spacial score (nSPS) is 11.8. The van der Waals surface area contributed by atoms with E-state index < -0.39 is 0 Å². The van der Waals surface area contributed by atoms with Gasteiger partial charge in [0.1, 0.15) is 11.2 Å². The number of rotatable bonds is 4. The maximum absolute atomic E-state index is 6.58. The third kappa shape index (κ3) is 4.23. The second kappa shape index (κ2) is 11.3. The number of aromatic nitrogens is 2. The molecule has 0 aliphatic heterocycles. The summed E-state index contributed by atoms with van der Waals surface area (Å²) in [4.78, 5) is 5.35. The Balaban J connectivity index is 1.16. The number of nitrogens with zero attached hydrogens (tertiary/aromatic N) is 2. The monoisotopic (exact) mass is 662 g/mol. The van der Waals surface area contributed by atoms with Gasteiger partial charge in [-0.05, 0) is 59.2 Å². The van der Waals surface area contributed by atoms with E-state index in [4.69, 9.17) is 9.40 Å². The van der Waals surface area contributed by atoms with Gasteiger partial charge in [0, 0.05) is 54.5 Å². The van der Waals surface area contributed by atoms with E-state index in [1.54, 1.807) is 0 Å². The van der Waals surface area contributed by atoms with Crippen LogP contribution in [0.25, 0.3) is 105 Å². The summed E-state index contributed by atoms with van der Waals surface area (Å²) in [5.74, 6) is 0. The maximum Gasteiger partial charge on any atom is 0.136 e. The van der Waals surface area contributed by atoms with E-state index in [2.05, 4.69) is 180 Å². The molecule has 3 heterocycles. The summed E-state index contributed by atoms with van der Waals surface area (Å²) in [6.45, 7) is 0. The van der Waals surface area contributed by atoms with Crippen molar-refractivity contribution in [3.05, 3.63) is 182 Å². The van der Waals surface area contributed by atoms with E-state index in [1.165, 1.54) is 43.9 Å². The fraction of sp³-hybridized carbons (Fsp3) is 0. The summed E-state index contributed by atoms with van der Waals surface area (Å²) in [7, 11) is 0. The molecule has 0 aliphatic rings. The molecule has 0 N–H and O–H groups in total. The topological polar surface area (TPSA) is 31.0 Å². The van der Waals surface area contributed by atoms with Crippen LogP contribution in [0.5, 0.6) is 0 Å². The SMILES string of the molecule is c1ccc(-c2c3c(cc4c(-c5ccc(-c6cccc7c6c6ccccc6n7-c6ccccc6)cc5)nc5ccccc5c24)oc2ccccc23)cc1. The maximum atomic E-state index is 6.58. The third-order valence-electron chi connectivity index (χ3n) is 10.6. The fourth-order valence-corrected chi connectivity index (χ4v) is 8.35. The molecule has 0 radical (unpaired) electrons. The van der Waals surface area contributed by atoms with Crippen LogP contribution >= 0.6 is 0 Å². The van der Waals surface area contributed by atoms with Gasteiger partial charge < -0.3 is 8.98 Å². The molecular weight excluding hydrogens is 633 g/mol. The fourth-order valence-electron chi connectivity index (χ4n) is 8.35. The van der Waals surface area contributed by atoms with E-state index in [9.17, 15) is 0 Å². The lowest BCUT2D eigenvalue weighted by molar-refractivity contribution is 0.669. The van der Waals surface area contributed by atoms with E-state index >= 15 is 0 Å². The number of furan rings is 1. The summed E-state index contributed by atoms with van der Waals surface area (Å²) in [6, 6.07) is 64.7. The van der Waals surface area contributed by atoms with E-state index in [0.717, 1.165) is 60.7 Å². The third-order valence-corrected chi connectivity index (χ3v) is 10.6. The number of pyridine rings is 1. The van der Waals surface area contributed by atoms with Gasteiger partial charge in [-0.3, -0.25) is 0 Å². The first-order chi connectivity index (χ1) is 25.8. The molecule has 0 aliphatic carbocycles. The largest absolute Gasteiger partial charge is 0.456 e. The average Bonchev–Trinajstić information content (AvgIpc) is 3.76. The highest BCUT2D eigenvalue weighted by molar-refractivity contribution is 6.27. The first-order valence-corrected chi connectivity index (χ1v) is 17.7. The standard InChI is InChI=1S/C49H30N2O/c1-3-14-32(15-4-1)45-47-36-18-7-10-22-40(36)50-49(39(47)30-44-48(45)38-20-9-12-25-43(38)52-44)33-28-26-31(27-29-33)35-21-13-24-42-46(35)37-19-8-11-23-41(37)51(42)34-16-5-2-6-17-34/h1-30H. The lowest BCUT2D eigenvalue weighted by Gasteiger charge is -2.16. The molecule has 8 aromatic carbocycles. The van der Waals surface area contributed by atoms with Gasteiger partial charge in [0.2, 0.25) is 0 Å². The highest BCUT2D eigenvalue weighted by Gasteiger charge is 2.22. The minimum absolute atomic E-state index is 0.865. The lowest BCUT2D eigenvalue weighted by Crippen LogP contribution is -1.93. The molecule has 242 valence electrons. The van der Waals surface area contributed by atoms with Gasteiger partial charge in [0.05, 0.1) is 22.2 Å². The predicted octanol–water partition coefficient (Wildman–Crippen LogP) is 13.4. The Morgan fingerprint density at radius 1 is 0.404 bits per heavy atom.